The van der Waals surface area contributed by atoms with Crippen LogP contribution in [0.3, 0.4) is 0 Å². The van der Waals surface area contributed by atoms with Gasteiger partial charge in [0.1, 0.15) is 5.82 Å². The predicted octanol–water partition coefficient (Wildman–Crippen LogP) is 3.41. The number of carbonyl (C=O) groups is 1. The molecule has 5 rings (SSSR count). The number of amides is 1. The van der Waals surface area contributed by atoms with E-state index in [4.69, 9.17) is 9.47 Å². The Morgan fingerprint density at radius 2 is 1.93 bits per heavy atom. The van der Waals surface area contributed by atoms with Gasteiger partial charge in [-0.3, -0.25) is 4.79 Å². The number of nitrogens with zero attached hydrogens (tertiary/aromatic N) is 3. The van der Waals surface area contributed by atoms with Crippen LogP contribution in [0.1, 0.15) is 28.0 Å². The van der Waals surface area contributed by atoms with E-state index in [1.807, 2.05) is 36.4 Å². The monoisotopic (exact) mass is 388 g/mol. The van der Waals surface area contributed by atoms with Crippen molar-refractivity contribution in [1.29, 1.82) is 0 Å². The molecule has 1 aromatic heterocycles. The Morgan fingerprint density at radius 3 is 2.83 bits per heavy atom. The van der Waals surface area contributed by atoms with Gasteiger partial charge in [-0.05, 0) is 54.3 Å². The Bertz CT molecular complexity index is 1050. The Hall–Kier alpha value is -3.61. The number of benzene rings is 2. The highest BCUT2D eigenvalue weighted by atomic mass is 16.7. The topological polar surface area (TPSA) is 76.6 Å². The predicted molar refractivity (Wildman–Crippen MR) is 108 cm³/mol. The molecular formula is C22H20N4O3. The standard InChI is InChI=1S/C22H20N4O3/c27-22(26-11-3-5-16-4-1-2-6-18(16)26)17-8-10-21(25-24-17)23-13-15-7-9-19-20(12-15)29-14-28-19/h1-2,4,6-10,12H,3,5,11,13-14H2,(H,23,25). The van der Waals surface area contributed by atoms with Crippen LogP contribution in [-0.4, -0.2) is 29.4 Å². The summed E-state index contributed by atoms with van der Waals surface area (Å²) in [4.78, 5) is 14.7. The molecule has 1 N–H and O–H groups in total. The van der Waals surface area contributed by atoms with Crippen LogP contribution in [0.5, 0.6) is 11.5 Å². The lowest BCUT2D eigenvalue weighted by Crippen LogP contribution is -2.36. The van der Waals surface area contributed by atoms with Crippen LogP contribution in [-0.2, 0) is 13.0 Å². The Kier molecular flexibility index (Phi) is 4.48. The van der Waals surface area contributed by atoms with Gasteiger partial charge >= 0.3 is 0 Å². The molecule has 7 heteroatoms. The first-order valence-corrected chi connectivity index (χ1v) is 9.64. The number of nitrogens with one attached hydrogen (secondary N) is 1. The van der Waals surface area contributed by atoms with Gasteiger partial charge in [-0.15, -0.1) is 10.2 Å². The summed E-state index contributed by atoms with van der Waals surface area (Å²) < 4.78 is 10.7. The van der Waals surface area contributed by atoms with Gasteiger partial charge in [0.2, 0.25) is 6.79 Å². The number of aryl methyl sites for hydroxylation is 1. The molecule has 0 atom stereocenters. The zero-order chi connectivity index (χ0) is 19.6. The molecule has 146 valence electrons. The molecule has 3 heterocycles. The van der Waals surface area contributed by atoms with Crippen LogP contribution in [0.15, 0.2) is 54.6 Å². The number of anilines is 2. The molecule has 2 aromatic carbocycles. The van der Waals surface area contributed by atoms with Crippen molar-refractivity contribution in [2.45, 2.75) is 19.4 Å². The maximum Gasteiger partial charge on any atom is 0.278 e. The molecular weight excluding hydrogens is 368 g/mol. The average Bonchev–Trinajstić information content (AvgIpc) is 3.25. The maximum atomic E-state index is 12.9. The molecule has 7 nitrogen and oxygen atoms in total. The van der Waals surface area contributed by atoms with Crippen molar-refractivity contribution in [2.24, 2.45) is 0 Å². The first kappa shape index (κ1) is 17.5. The largest absolute Gasteiger partial charge is 0.454 e. The summed E-state index contributed by atoms with van der Waals surface area (Å²) in [6, 6.07) is 17.3. The molecule has 0 spiro atoms. The summed E-state index contributed by atoms with van der Waals surface area (Å²) in [5.74, 6) is 2.00. The lowest BCUT2D eigenvalue weighted by Gasteiger charge is -2.29. The van der Waals surface area contributed by atoms with Gasteiger partial charge in [0.05, 0.1) is 0 Å². The number of hydrogen-bond donors (Lipinski definition) is 1. The van der Waals surface area contributed by atoms with Crippen molar-refractivity contribution in [3.05, 3.63) is 71.4 Å². The third-order valence-electron chi connectivity index (χ3n) is 5.15. The Balaban J connectivity index is 1.26. The van der Waals surface area contributed by atoms with Crippen LogP contribution in [0.25, 0.3) is 0 Å². The van der Waals surface area contributed by atoms with E-state index >= 15 is 0 Å². The lowest BCUT2D eigenvalue weighted by molar-refractivity contribution is 0.0979. The fourth-order valence-corrected chi connectivity index (χ4v) is 3.67. The van der Waals surface area contributed by atoms with E-state index in [0.29, 0.717) is 24.6 Å². The van der Waals surface area contributed by atoms with Gasteiger partial charge in [0.15, 0.2) is 17.2 Å². The minimum atomic E-state index is -0.119. The first-order chi connectivity index (χ1) is 14.3. The molecule has 0 fully saturated rings. The second-order valence-corrected chi connectivity index (χ2v) is 7.03. The van der Waals surface area contributed by atoms with Gasteiger partial charge in [-0.25, -0.2) is 0 Å². The van der Waals surface area contributed by atoms with Crippen molar-refractivity contribution in [1.82, 2.24) is 10.2 Å². The number of para-hydroxylation sites is 1. The van der Waals surface area contributed by atoms with E-state index in [1.54, 1.807) is 17.0 Å². The fourth-order valence-electron chi connectivity index (χ4n) is 3.67. The summed E-state index contributed by atoms with van der Waals surface area (Å²) in [5, 5.41) is 11.5. The van der Waals surface area contributed by atoms with Crippen LogP contribution >= 0.6 is 0 Å². The maximum absolute atomic E-state index is 12.9. The zero-order valence-electron chi connectivity index (χ0n) is 15.8. The second-order valence-electron chi connectivity index (χ2n) is 7.03. The van der Waals surface area contributed by atoms with E-state index in [-0.39, 0.29) is 12.7 Å². The highest BCUT2D eigenvalue weighted by Crippen LogP contribution is 2.32. The fraction of sp³-hybridized carbons (Fsp3) is 0.227. The molecule has 29 heavy (non-hydrogen) atoms. The molecule has 0 aliphatic carbocycles. The van der Waals surface area contributed by atoms with E-state index in [0.717, 1.165) is 35.6 Å². The van der Waals surface area contributed by atoms with Crippen LogP contribution in [0.2, 0.25) is 0 Å². The summed E-state index contributed by atoms with van der Waals surface area (Å²) in [6.45, 7) is 1.52. The number of ether oxygens (including phenoxy) is 2. The number of fused-ring (bicyclic) bond motifs is 2. The molecule has 1 amide bonds. The van der Waals surface area contributed by atoms with E-state index < -0.39 is 0 Å². The van der Waals surface area contributed by atoms with E-state index in [2.05, 4.69) is 21.6 Å². The van der Waals surface area contributed by atoms with Crippen molar-refractivity contribution >= 4 is 17.4 Å². The van der Waals surface area contributed by atoms with Crippen molar-refractivity contribution < 1.29 is 14.3 Å². The minimum absolute atomic E-state index is 0.119. The smallest absolute Gasteiger partial charge is 0.278 e. The number of carbonyl (C=O) groups excluding carboxylic acids is 1. The van der Waals surface area contributed by atoms with Gasteiger partial charge in [0.25, 0.3) is 5.91 Å². The van der Waals surface area contributed by atoms with Crippen molar-refractivity contribution in [2.75, 3.05) is 23.6 Å². The summed E-state index contributed by atoms with van der Waals surface area (Å²) >= 11 is 0. The second kappa shape index (κ2) is 7.43. The van der Waals surface area contributed by atoms with Gasteiger partial charge in [0, 0.05) is 18.8 Å². The third-order valence-corrected chi connectivity index (χ3v) is 5.15. The van der Waals surface area contributed by atoms with Crippen LogP contribution < -0.4 is 19.7 Å². The van der Waals surface area contributed by atoms with Crippen molar-refractivity contribution in [3.8, 4) is 11.5 Å². The highest BCUT2D eigenvalue weighted by Gasteiger charge is 2.24. The number of aromatic nitrogens is 2. The normalized spacial score (nSPS) is 14.4. The van der Waals surface area contributed by atoms with E-state index in [1.165, 1.54) is 5.56 Å². The molecule has 0 saturated carbocycles. The minimum Gasteiger partial charge on any atom is -0.454 e. The summed E-state index contributed by atoms with van der Waals surface area (Å²) in [5.41, 5.74) is 3.55. The van der Waals surface area contributed by atoms with Gasteiger partial charge < -0.3 is 19.7 Å². The molecule has 3 aromatic rings. The molecule has 2 aliphatic rings. The molecule has 0 unspecified atom stereocenters. The van der Waals surface area contributed by atoms with Crippen molar-refractivity contribution in [3.63, 3.8) is 0 Å². The van der Waals surface area contributed by atoms with E-state index in [9.17, 15) is 4.79 Å². The Labute approximate surface area is 168 Å². The number of rotatable bonds is 4. The molecule has 0 saturated heterocycles. The Morgan fingerprint density at radius 1 is 1.03 bits per heavy atom. The average molecular weight is 388 g/mol. The van der Waals surface area contributed by atoms with Crippen LogP contribution in [0, 0.1) is 0 Å². The van der Waals surface area contributed by atoms with Crippen LogP contribution in [0.4, 0.5) is 11.5 Å². The van der Waals surface area contributed by atoms with Gasteiger partial charge in [-0.2, -0.15) is 0 Å². The molecule has 0 bridgehead atoms. The highest BCUT2D eigenvalue weighted by molar-refractivity contribution is 6.05. The summed E-state index contributed by atoms with van der Waals surface area (Å²) in [6.07, 6.45) is 1.94. The zero-order valence-corrected chi connectivity index (χ0v) is 15.8. The SMILES string of the molecule is O=C(c1ccc(NCc2ccc3c(c2)OCO3)nn1)N1CCCc2ccccc21. The third kappa shape index (κ3) is 3.47. The molecule has 0 radical (unpaired) electrons. The molecule has 2 aliphatic heterocycles. The lowest BCUT2D eigenvalue weighted by atomic mass is 10.0. The van der Waals surface area contributed by atoms with Gasteiger partial charge in [-0.1, -0.05) is 24.3 Å². The number of hydrogen-bond acceptors (Lipinski definition) is 6. The first-order valence-electron chi connectivity index (χ1n) is 9.64. The summed E-state index contributed by atoms with van der Waals surface area (Å²) in [7, 11) is 0. The quantitative estimate of drug-likeness (QED) is 0.738.